The number of aromatic hydroxyl groups is 1. The van der Waals surface area contributed by atoms with Crippen LogP contribution in [-0.4, -0.2) is 36.2 Å². The van der Waals surface area contributed by atoms with E-state index in [-0.39, 0.29) is 6.42 Å². The molecule has 0 fully saturated rings. The zero-order valence-electron chi connectivity index (χ0n) is 16.9. The van der Waals surface area contributed by atoms with Crippen molar-refractivity contribution in [1.29, 1.82) is 0 Å². The van der Waals surface area contributed by atoms with Crippen molar-refractivity contribution in [3.05, 3.63) is 53.7 Å². The number of amides is 1. The van der Waals surface area contributed by atoms with Gasteiger partial charge in [0, 0.05) is 18.8 Å². The Balaban J connectivity index is 1.60. The molecule has 32 heavy (non-hydrogen) atoms. The number of thiazole rings is 1. The maximum Gasteiger partial charge on any atom is 0.419 e. The van der Waals surface area contributed by atoms with Crippen LogP contribution < -0.4 is 21.1 Å². The first kappa shape index (κ1) is 23.4. The van der Waals surface area contributed by atoms with Gasteiger partial charge in [-0.05, 0) is 41.8 Å². The van der Waals surface area contributed by atoms with Crippen LogP contribution in [0.1, 0.15) is 11.1 Å². The lowest BCUT2D eigenvalue weighted by molar-refractivity contribution is -0.138. The van der Waals surface area contributed by atoms with E-state index >= 15 is 0 Å². The van der Waals surface area contributed by atoms with Crippen LogP contribution in [-0.2, 0) is 17.4 Å². The maximum absolute atomic E-state index is 12.7. The molecule has 1 atom stereocenters. The number of nitrogens with two attached hydrogens (primary N) is 1. The highest BCUT2D eigenvalue weighted by Gasteiger charge is 2.33. The van der Waals surface area contributed by atoms with E-state index in [1.807, 2.05) is 6.07 Å². The van der Waals surface area contributed by atoms with Crippen molar-refractivity contribution in [2.45, 2.75) is 18.6 Å². The summed E-state index contributed by atoms with van der Waals surface area (Å²) in [5.41, 5.74) is 6.92. The highest BCUT2D eigenvalue weighted by molar-refractivity contribution is 7.18. The molecule has 1 heterocycles. The van der Waals surface area contributed by atoms with Gasteiger partial charge in [0.05, 0.1) is 23.2 Å². The summed E-state index contributed by atoms with van der Waals surface area (Å²) in [6.45, 7) is 0.334. The number of aromatic nitrogens is 1. The molecule has 0 bridgehead atoms. The molecule has 0 unspecified atom stereocenters. The van der Waals surface area contributed by atoms with Crippen molar-refractivity contribution in [1.82, 2.24) is 4.98 Å². The number of hydrogen-bond acceptors (Lipinski definition) is 7. The molecule has 3 aromatic rings. The predicted molar refractivity (Wildman–Crippen MR) is 117 cm³/mol. The van der Waals surface area contributed by atoms with Crippen LogP contribution in [0, 0.1) is 0 Å². The summed E-state index contributed by atoms with van der Waals surface area (Å²) < 4.78 is 43.5. The smallest absolute Gasteiger partial charge is 0.419 e. The Kier molecular flexibility index (Phi) is 7.21. The van der Waals surface area contributed by atoms with Crippen LogP contribution in [0.25, 0.3) is 10.4 Å². The van der Waals surface area contributed by atoms with Gasteiger partial charge in [-0.2, -0.15) is 13.2 Å². The molecule has 1 amide bonds. The summed E-state index contributed by atoms with van der Waals surface area (Å²) in [6, 6.07) is 8.17. The van der Waals surface area contributed by atoms with Gasteiger partial charge >= 0.3 is 6.18 Å². The van der Waals surface area contributed by atoms with E-state index in [4.69, 9.17) is 10.5 Å². The largest absolute Gasteiger partial charge is 0.507 e. The third kappa shape index (κ3) is 5.68. The van der Waals surface area contributed by atoms with Gasteiger partial charge in [-0.25, -0.2) is 4.98 Å². The van der Waals surface area contributed by atoms with Crippen molar-refractivity contribution >= 4 is 28.6 Å². The van der Waals surface area contributed by atoms with Gasteiger partial charge in [0.1, 0.15) is 11.5 Å². The number of phenols is 1. The second-order valence-electron chi connectivity index (χ2n) is 6.90. The third-order valence-electron chi connectivity index (χ3n) is 4.59. The second kappa shape index (κ2) is 9.88. The Hall–Kier alpha value is -3.31. The number of nitrogens with one attached hydrogen (secondary N) is 2. The molecule has 0 aliphatic carbocycles. The highest BCUT2D eigenvalue weighted by Crippen LogP contribution is 2.36. The zero-order chi connectivity index (χ0) is 23.3. The third-order valence-corrected chi connectivity index (χ3v) is 5.59. The molecule has 7 nitrogen and oxygen atoms in total. The number of methoxy groups -OCH3 is 1. The number of nitrogens with zero attached hydrogens (tertiary/aromatic N) is 1. The van der Waals surface area contributed by atoms with E-state index < -0.39 is 23.5 Å². The van der Waals surface area contributed by atoms with Gasteiger partial charge in [0.25, 0.3) is 0 Å². The summed E-state index contributed by atoms with van der Waals surface area (Å²) in [4.78, 5) is 15.8. The summed E-state index contributed by atoms with van der Waals surface area (Å²) in [7, 11) is 1.51. The maximum atomic E-state index is 12.7. The molecule has 11 heteroatoms. The highest BCUT2D eigenvalue weighted by atomic mass is 32.1. The van der Waals surface area contributed by atoms with Gasteiger partial charge in [-0.3, -0.25) is 4.79 Å². The zero-order valence-corrected chi connectivity index (χ0v) is 17.8. The number of phenolic OH excluding ortho intramolecular Hbond substituents is 1. The molecule has 3 rings (SSSR count). The minimum Gasteiger partial charge on any atom is -0.507 e. The van der Waals surface area contributed by atoms with Crippen LogP contribution in [0.15, 0.2) is 42.6 Å². The van der Waals surface area contributed by atoms with Gasteiger partial charge < -0.3 is 26.2 Å². The molecule has 0 aliphatic heterocycles. The van der Waals surface area contributed by atoms with E-state index in [1.54, 1.807) is 18.3 Å². The van der Waals surface area contributed by atoms with E-state index in [0.717, 1.165) is 22.6 Å². The first-order chi connectivity index (χ1) is 15.2. The van der Waals surface area contributed by atoms with Crippen molar-refractivity contribution in [3.8, 4) is 21.9 Å². The number of rotatable bonds is 9. The first-order valence-corrected chi connectivity index (χ1v) is 10.3. The summed E-state index contributed by atoms with van der Waals surface area (Å²) in [5, 5.41) is 15.9. The molecule has 0 spiro atoms. The number of benzene rings is 2. The Morgan fingerprint density at radius 1 is 1.28 bits per heavy atom. The number of alkyl halides is 3. The topological polar surface area (TPSA) is 110 Å². The van der Waals surface area contributed by atoms with Gasteiger partial charge in [0.2, 0.25) is 6.41 Å². The standard InChI is InChI=1S/C21H21F3N4O3S/c1-31-18-8-13(3-5-16(18)28-11-29)19-10-27-20(32-19)26-9-14(25)6-12-2-4-15(17(30)7-12)21(22,23)24/h2-5,7-8,10-11,14,30H,6,9,25H2,1H3,(H,26,27)(H,28,29)/t14-/m0/s1. The minimum absolute atomic E-state index is 0.277. The lowest BCUT2D eigenvalue weighted by Gasteiger charge is -2.14. The fourth-order valence-electron chi connectivity index (χ4n) is 3.05. The quantitative estimate of drug-likeness (QED) is 0.354. The molecular weight excluding hydrogens is 445 g/mol. The molecular formula is C21H21F3N4O3S. The van der Waals surface area contributed by atoms with Crippen molar-refractivity contribution in [3.63, 3.8) is 0 Å². The molecule has 1 aromatic heterocycles. The summed E-state index contributed by atoms with van der Waals surface area (Å²) >= 11 is 1.39. The Morgan fingerprint density at radius 3 is 2.72 bits per heavy atom. The van der Waals surface area contributed by atoms with Crippen LogP contribution in [0.4, 0.5) is 24.0 Å². The predicted octanol–water partition coefficient (Wildman–Crippen LogP) is 4.09. The molecule has 2 aromatic carbocycles. The van der Waals surface area contributed by atoms with E-state index in [1.165, 1.54) is 24.5 Å². The first-order valence-electron chi connectivity index (χ1n) is 9.44. The Morgan fingerprint density at radius 2 is 2.06 bits per heavy atom. The van der Waals surface area contributed by atoms with Crippen molar-refractivity contribution in [2.24, 2.45) is 5.73 Å². The summed E-state index contributed by atoms with van der Waals surface area (Å²) in [5.74, 6) is -0.302. The van der Waals surface area contributed by atoms with Gasteiger partial charge in [-0.1, -0.05) is 23.5 Å². The normalized spacial score (nSPS) is 12.3. The monoisotopic (exact) mass is 466 g/mol. The van der Waals surface area contributed by atoms with Crippen LogP contribution in [0.5, 0.6) is 11.5 Å². The molecule has 0 radical (unpaired) electrons. The van der Waals surface area contributed by atoms with E-state index in [9.17, 15) is 23.1 Å². The number of ether oxygens (including phenoxy) is 1. The molecule has 0 aliphatic rings. The second-order valence-corrected chi connectivity index (χ2v) is 7.93. The van der Waals surface area contributed by atoms with Crippen LogP contribution in [0.2, 0.25) is 0 Å². The van der Waals surface area contributed by atoms with Gasteiger partial charge in [-0.15, -0.1) is 0 Å². The average molecular weight is 466 g/mol. The average Bonchev–Trinajstić information content (AvgIpc) is 3.21. The number of anilines is 2. The van der Waals surface area contributed by atoms with Crippen molar-refractivity contribution < 1.29 is 27.8 Å². The van der Waals surface area contributed by atoms with E-state index in [0.29, 0.717) is 35.1 Å². The molecule has 0 saturated carbocycles. The minimum atomic E-state index is -4.61. The number of carbonyl (C=O) groups is 1. The number of halogens is 3. The summed E-state index contributed by atoms with van der Waals surface area (Å²) in [6.07, 6.45) is -2.07. The lowest BCUT2D eigenvalue weighted by Crippen LogP contribution is -2.31. The number of carbonyl (C=O) groups excluding carboxylic acids is 1. The lowest BCUT2D eigenvalue weighted by atomic mass is 10.0. The van der Waals surface area contributed by atoms with Gasteiger partial charge in [0.15, 0.2) is 5.13 Å². The van der Waals surface area contributed by atoms with E-state index in [2.05, 4.69) is 15.6 Å². The SMILES string of the molecule is COc1cc(-c2cnc(NC[C@@H](N)Cc3ccc(C(F)(F)F)c(O)c3)s2)ccc1NC=O. The molecule has 5 N–H and O–H groups in total. The Labute approximate surface area is 186 Å². The fraction of sp³-hybridized carbons (Fsp3) is 0.238. The molecule has 0 saturated heterocycles. The molecule has 170 valence electrons. The van der Waals surface area contributed by atoms with Crippen molar-refractivity contribution in [2.75, 3.05) is 24.3 Å². The Bertz CT molecular complexity index is 1090. The van der Waals surface area contributed by atoms with Crippen LogP contribution >= 0.6 is 11.3 Å². The number of hydrogen-bond donors (Lipinski definition) is 4. The van der Waals surface area contributed by atoms with Crippen LogP contribution in [0.3, 0.4) is 0 Å². The fourth-order valence-corrected chi connectivity index (χ4v) is 3.87.